The topological polar surface area (TPSA) is 71.0 Å². The number of hydrogen-bond acceptors (Lipinski definition) is 4. The Hall–Kier alpha value is -2.54. The molecular formula is C27H32N4O2S. The lowest BCUT2D eigenvalue weighted by Crippen LogP contribution is -2.44. The van der Waals surface area contributed by atoms with Crippen LogP contribution in [0.15, 0.2) is 34.2 Å². The second kappa shape index (κ2) is 8.91. The molecule has 1 N–H and O–H groups in total. The second-order valence-corrected chi connectivity index (χ2v) is 11.1. The van der Waals surface area contributed by atoms with Crippen molar-refractivity contribution in [2.75, 3.05) is 12.3 Å². The minimum absolute atomic E-state index is 0.131. The predicted molar refractivity (Wildman–Crippen MR) is 135 cm³/mol. The third-order valence-electron chi connectivity index (χ3n) is 7.97. The van der Waals surface area contributed by atoms with E-state index < -0.39 is 0 Å². The number of thioether (sulfide) groups is 1. The molecule has 1 aliphatic heterocycles. The molecule has 0 bridgehead atoms. The Labute approximate surface area is 204 Å². The molecule has 2 aromatic heterocycles. The molecule has 0 spiro atoms. The summed E-state index contributed by atoms with van der Waals surface area (Å²) in [5.41, 5.74) is 6.20. The van der Waals surface area contributed by atoms with E-state index in [4.69, 9.17) is 0 Å². The molecular weight excluding hydrogens is 444 g/mol. The number of rotatable bonds is 4. The minimum atomic E-state index is -0.172. The van der Waals surface area contributed by atoms with Crippen molar-refractivity contribution in [2.45, 2.75) is 82.0 Å². The van der Waals surface area contributed by atoms with E-state index in [0.29, 0.717) is 22.5 Å². The van der Waals surface area contributed by atoms with E-state index in [1.165, 1.54) is 77.7 Å². The highest BCUT2D eigenvalue weighted by molar-refractivity contribution is 7.99. The standard InChI is InChI=1S/C27H32N4O2S/c1-17-14-24(32)29-27(28-17)34-16-25(33)30-12-13-31-22-11-10-19(18-6-3-2-4-7-18)15-21(22)20-8-5-9-23(30)26(20)31/h10-11,14-15,18,23H,2-9,12-13,16H2,1H3,(H,28,29,32)/t23-/m0/s1. The molecule has 7 heteroatoms. The number of carbonyl (C=O) groups excluding carboxylic acids is 1. The molecule has 0 unspecified atom stereocenters. The highest BCUT2D eigenvalue weighted by Crippen LogP contribution is 2.44. The van der Waals surface area contributed by atoms with Crippen LogP contribution in [0.2, 0.25) is 0 Å². The van der Waals surface area contributed by atoms with Crippen LogP contribution in [0.25, 0.3) is 10.9 Å². The van der Waals surface area contributed by atoms with Crippen LogP contribution < -0.4 is 5.56 Å². The molecule has 0 radical (unpaired) electrons. The number of carbonyl (C=O) groups is 1. The van der Waals surface area contributed by atoms with Gasteiger partial charge in [-0.2, -0.15) is 0 Å². The van der Waals surface area contributed by atoms with E-state index >= 15 is 0 Å². The summed E-state index contributed by atoms with van der Waals surface area (Å²) in [5.74, 6) is 1.13. The third-order valence-corrected chi connectivity index (χ3v) is 8.83. The molecule has 178 valence electrons. The lowest BCUT2D eigenvalue weighted by Gasteiger charge is -2.40. The van der Waals surface area contributed by atoms with Crippen LogP contribution in [0.4, 0.5) is 0 Å². The molecule has 1 saturated carbocycles. The van der Waals surface area contributed by atoms with Crippen LogP contribution in [0, 0.1) is 6.92 Å². The van der Waals surface area contributed by atoms with Crippen molar-refractivity contribution in [3.8, 4) is 0 Å². The lowest BCUT2D eigenvalue weighted by atomic mass is 9.83. The van der Waals surface area contributed by atoms with Crippen molar-refractivity contribution in [1.82, 2.24) is 19.4 Å². The Morgan fingerprint density at radius 2 is 1.97 bits per heavy atom. The van der Waals surface area contributed by atoms with Crippen molar-refractivity contribution in [3.63, 3.8) is 0 Å². The van der Waals surface area contributed by atoms with Gasteiger partial charge in [0.1, 0.15) is 0 Å². The van der Waals surface area contributed by atoms with Gasteiger partial charge in [-0.15, -0.1) is 0 Å². The smallest absolute Gasteiger partial charge is 0.251 e. The van der Waals surface area contributed by atoms with Gasteiger partial charge in [-0.25, -0.2) is 4.98 Å². The molecule has 3 aliphatic rings. The number of fused-ring (bicyclic) bond motifs is 3. The zero-order valence-electron chi connectivity index (χ0n) is 19.8. The van der Waals surface area contributed by atoms with Crippen molar-refractivity contribution in [2.24, 2.45) is 0 Å². The number of hydrogen-bond donors (Lipinski definition) is 1. The Morgan fingerprint density at radius 1 is 1.12 bits per heavy atom. The average molecular weight is 477 g/mol. The van der Waals surface area contributed by atoms with Crippen LogP contribution in [-0.2, 0) is 17.8 Å². The largest absolute Gasteiger partial charge is 0.341 e. The van der Waals surface area contributed by atoms with Gasteiger partial charge in [0, 0.05) is 41.4 Å². The number of H-pyrrole nitrogens is 1. The zero-order chi connectivity index (χ0) is 23.2. The first-order valence-electron chi connectivity index (χ1n) is 12.7. The molecule has 0 saturated heterocycles. The van der Waals surface area contributed by atoms with Crippen LogP contribution in [0.1, 0.15) is 79.4 Å². The fourth-order valence-electron chi connectivity index (χ4n) is 6.44. The fraction of sp³-hybridized carbons (Fsp3) is 0.519. The first kappa shape index (κ1) is 22.0. The van der Waals surface area contributed by atoms with Crippen molar-refractivity contribution < 1.29 is 4.79 Å². The summed E-state index contributed by atoms with van der Waals surface area (Å²) >= 11 is 1.32. The number of aryl methyl sites for hydroxylation is 2. The fourth-order valence-corrected chi connectivity index (χ4v) is 7.25. The van der Waals surface area contributed by atoms with Gasteiger partial charge in [0.2, 0.25) is 5.91 Å². The highest BCUT2D eigenvalue weighted by Gasteiger charge is 2.37. The van der Waals surface area contributed by atoms with E-state index in [-0.39, 0.29) is 17.5 Å². The quantitative estimate of drug-likeness (QED) is 0.420. The monoisotopic (exact) mass is 476 g/mol. The molecule has 1 atom stereocenters. The number of amides is 1. The van der Waals surface area contributed by atoms with Gasteiger partial charge in [-0.05, 0) is 68.2 Å². The molecule has 1 aromatic carbocycles. The maximum absolute atomic E-state index is 13.3. The number of aromatic amines is 1. The Morgan fingerprint density at radius 3 is 2.79 bits per heavy atom. The molecule has 6 rings (SSSR count). The highest BCUT2D eigenvalue weighted by atomic mass is 32.2. The van der Waals surface area contributed by atoms with Gasteiger partial charge in [0.15, 0.2) is 5.16 Å². The maximum atomic E-state index is 13.3. The summed E-state index contributed by atoms with van der Waals surface area (Å²) < 4.78 is 2.50. The van der Waals surface area contributed by atoms with Gasteiger partial charge in [0.25, 0.3) is 5.56 Å². The maximum Gasteiger partial charge on any atom is 0.251 e. The van der Waals surface area contributed by atoms with Crippen LogP contribution >= 0.6 is 11.8 Å². The van der Waals surface area contributed by atoms with Gasteiger partial charge >= 0.3 is 0 Å². The molecule has 34 heavy (non-hydrogen) atoms. The van der Waals surface area contributed by atoms with E-state index in [1.54, 1.807) is 6.92 Å². The average Bonchev–Trinajstić information content (AvgIpc) is 3.17. The SMILES string of the molecule is Cc1cc(=O)[nH]c(SCC(=O)N2CCn3c4c(c5cc(C6CCCCC6)ccc53)CCC[C@@H]42)n1. The number of benzene rings is 1. The number of aromatic nitrogens is 3. The number of nitrogens with one attached hydrogen (secondary N) is 1. The Kier molecular flexibility index (Phi) is 5.76. The number of nitrogens with zero attached hydrogens (tertiary/aromatic N) is 3. The summed E-state index contributed by atoms with van der Waals surface area (Å²) in [5, 5.41) is 1.94. The van der Waals surface area contributed by atoms with E-state index in [0.717, 1.165) is 32.4 Å². The van der Waals surface area contributed by atoms with Crippen molar-refractivity contribution in [3.05, 3.63) is 57.1 Å². The van der Waals surface area contributed by atoms with E-state index in [9.17, 15) is 9.59 Å². The summed E-state index contributed by atoms with van der Waals surface area (Å²) in [6.07, 6.45) is 9.97. The summed E-state index contributed by atoms with van der Waals surface area (Å²) in [7, 11) is 0. The first-order chi connectivity index (χ1) is 16.6. The Bertz CT molecular complexity index is 1300. The van der Waals surface area contributed by atoms with Gasteiger partial charge in [-0.1, -0.05) is 37.1 Å². The van der Waals surface area contributed by atoms with Crippen LogP contribution in [-0.4, -0.2) is 37.6 Å². The lowest BCUT2D eigenvalue weighted by molar-refractivity contribution is -0.132. The van der Waals surface area contributed by atoms with Gasteiger partial charge in [-0.3, -0.25) is 9.59 Å². The first-order valence-corrected chi connectivity index (χ1v) is 13.7. The zero-order valence-corrected chi connectivity index (χ0v) is 20.6. The molecule has 2 aliphatic carbocycles. The minimum Gasteiger partial charge on any atom is -0.341 e. The third kappa shape index (κ3) is 3.88. The van der Waals surface area contributed by atoms with Gasteiger partial charge in [0.05, 0.1) is 11.8 Å². The van der Waals surface area contributed by atoms with Crippen LogP contribution in [0.3, 0.4) is 0 Å². The van der Waals surface area contributed by atoms with Crippen molar-refractivity contribution >= 4 is 28.6 Å². The molecule has 3 aromatic rings. The predicted octanol–water partition coefficient (Wildman–Crippen LogP) is 5.09. The summed E-state index contributed by atoms with van der Waals surface area (Å²) in [4.78, 5) is 34.2. The van der Waals surface area contributed by atoms with Crippen LogP contribution in [0.5, 0.6) is 0 Å². The molecule has 1 fully saturated rings. The van der Waals surface area contributed by atoms with Gasteiger partial charge < -0.3 is 14.5 Å². The van der Waals surface area contributed by atoms with Crippen molar-refractivity contribution in [1.29, 1.82) is 0 Å². The van der Waals surface area contributed by atoms with E-state index in [2.05, 4.69) is 37.6 Å². The Balaban J connectivity index is 1.28. The normalized spacial score (nSPS) is 20.5. The second-order valence-electron chi connectivity index (χ2n) is 10.1. The van der Waals surface area contributed by atoms with E-state index in [1.807, 2.05) is 0 Å². The molecule has 6 nitrogen and oxygen atoms in total. The summed E-state index contributed by atoms with van der Waals surface area (Å²) in [6.45, 7) is 3.39. The molecule has 1 amide bonds. The summed E-state index contributed by atoms with van der Waals surface area (Å²) in [6, 6.07) is 8.82. The molecule has 3 heterocycles.